The Labute approximate surface area is 123 Å². The van der Waals surface area contributed by atoms with Crippen LogP contribution in [0.15, 0.2) is 23.1 Å². The molecule has 0 fully saturated rings. The third kappa shape index (κ3) is 4.62. The summed E-state index contributed by atoms with van der Waals surface area (Å²) in [6, 6.07) is 2.79. The zero-order valence-corrected chi connectivity index (χ0v) is 12.7. The van der Waals surface area contributed by atoms with E-state index in [9.17, 15) is 14.4 Å². The van der Waals surface area contributed by atoms with Gasteiger partial charge >= 0.3 is 0 Å². The molecule has 1 aromatic heterocycles. The second-order valence-electron chi connectivity index (χ2n) is 4.74. The van der Waals surface area contributed by atoms with E-state index in [4.69, 9.17) is 5.73 Å². The number of rotatable bonds is 6. The van der Waals surface area contributed by atoms with E-state index >= 15 is 0 Å². The number of nitrogens with zero attached hydrogens (tertiary/aromatic N) is 3. The molecule has 1 rings (SSSR count). The van der Waals surface area contributed by atoms with Crippen LogP contribution in [0.25, 0.3) is 0 Å². The fraction of sp³-hybridized carbons (Fsp3) is 0.500. The van der Waals surface area contributed by atoms with E-state index in [0.29, 0.717) is 18.8 Å². The Morgan fingerprint density at radius 1 is 1.19 bits per heavy atom. The van der Waals surface area contributed by atoms with Crippen LogP contribution in [-0.2, 0) is 16.1 Å². The highest BCUT2D eigenvalue weighted by molar-refractivity contribution is 5.84. The summed E-state index contributed by atoms with van der Waals surface area (Å²) in [6.07, 6.45) is 1.42. The number of likely N-dealkylation sites (N-methyl/N-ethyl adjacent to an activating group) is 2. The fourth-order valence-electron chi connectivity index (χ4n) is 1.91. The summed E-state index contributed by atoms with van der Waals surface area (Å²) >= 11 is 0. The molecule has 7 heteroatoms. The minimum Gasteiger partial charge on any atom is -0.398 e. The average Bonchev–Trinajstić information content (AvgIpc) is 2.44. The number of hydrogen-bond acceptors (Lipinski definition) is 4. The zero-order chi connectivity index (χ0) is 16.0. The zero-order valence-electron chi connectivity index (χ0n) is 12.7. The van der Waals surface area contributed by atoms with Crippen LogP contribution < -0.4 is 11.3 Å². The number of pyridine rings is 1. The molecule has 0 spiro atoms. The van der Waals surface area contributed by atoms with Crippen molar-refractivity contribution in [1.82, 2.24) is 14.4 Å². The fourth-order valence-corrected chi connectivity index (χ4v) is 1.91. The minimum absolute atomic E-state index is 0.00240. The van der Waals surface area contributed by atoms with E-state index < -0.39 is 0 Å². The van der Waals surface area contributed by atoms with Crippen molar-refractivity contribution >= 4 is 17.5 Å². The van der Waals surface area contributed by atoms with E-state index in [0.717, 1.165) is 0 Å². The highest BCUT2D eigenvalue weighted by Gasteiger charge is 2.17. The molecule has 0 aliphatic heterocycles. The molecule has 1 heterocycles. The first-order chi connectivity index (χ1) is 9.88. The van der Waals surface area contributed by atoms with Gasteiger partial charge in [-0.2, -0.15) is 0 Å². The summed E-state index contributed by atoms with van der Waals surface area (Å²) in [7, 11) is 1.54. The maximum absolute atomic E-state index is 12.1. The molecular weight excluding hydrogens is 272 g/mol. The molecule has 0 saturated heterocycles. The van der Waals surface area contributed by atoms with E-state index in [1.165, 1.54) is 27.8 Å². The van der Waals surface area contributed by atoms with Gasteiger partial charge in [0, 0.05) is 38.1 Å². The van der Waals surface area contributed by atoms with Crippen LogP contribution in [0.5, 0.6) is 0 Å². The lowest BCUT2D eigenvalue weighted by molar-refractivity contribution is -0.139. The number of anilines is 1. The summed E-state index contributed by atoms with van der Waals surface area (Å²) in [5.74, 6) is -0.432. The van der Waals surface area contributed by atoms with Crippen molar-refractivity contribution in [1.29, 1.82) is 0 Å². The van der Waals surface area contributed by atoms with Crippen LogP contribution in [-0.4, -0.2) is 52.9 Å². The Morgan fingerprint density at radius 3 is 2.38 bits per heavy atom. The molecule has 0 unspecified atom stereocenters. The molecule has 0 radical (unpaired) electrons. The molecule has 116 valence electrons. The smallest absolute Gasteiger partial charge is 0.251 e. The molecule has 2 amide bonds. The predicted octanol–water partition coefficient (Wildman–Crippen LogP) is -0.243. The van der Waals surface area contributed by atoms with Gasteiger partial charge in [-0.1, -0.05) is 0 Å². The quantitative estimate of drug-likeness (QED) is 0.784. The second-order valence-corrected chi connectivity index (χ2v) is 4.74. The van der Waals surface area contributed by atoms with Crippen LogP contribution in [0.3, 0.4) is 0 Å². The van der Waals surface area contributed by atoms with Crippen molar-refractivity contribution in [3.05, 3.63) is 28.7 Å². The lowest BCUT2D eigenvalue weighted by Gasteiger charge is -2.23. The normalized spacial score (nSPS) is 10.2. The number of hydrogen-bond donors (Lipinski definition) is 1. The lowest BCUT2D eigenvalue weighted by atomic mass is 10.4. The van der Waals surface area contributed by atoms with Crippen LogP contribution in [0, 0.1) is 0 Å². The predicted molar refractivity (Wildman–Crippen MR) is 80.7 cm³/mol. The number of nitrogen functional groups attached to an aromatic ring is 1. The summed E-state index contributed by atoms with van der Waals surface area (Å²) < 4.78 is 1.23. The van der Waals surface area contributed by atoms with Gasteiger partial charge in [0.15, 0.2) is 0 Å². The van der Waals surface area contributed by atoms with Crippen molar-refractivity contribution in [2.45, 2.75) is 20.4 Å². The first-order valence-electron chi connectivity index (χ1n) is 6.86. The molecular formula is C14H22N4O3. The van der Waals surface area contributed by atoms with E-state index in [1.54, 1.807) is 11.9 Å². The van der Waals surface area contributed by atoms with Gasteiger partial charge in [-0.15, -0.1) is 0 Å². The summed E-state index contributed by atoms with van der Waals surface area (Å²) in [6.45, 7) is 4.84. The monoisotopic (exact) mass is 294 g/mol. The molecule has 0 aliphatic carbocycles. The average molecular weight is 294 g/mol. The number of amides is 2. The topological polar surface area (TPSA) is 88.6 Å². The minimum atomic E-state index is -0.316. The molecule has 0 bridgehead atoms. The van der Waals surface area contributed by atoms with Gasteiger partial charge < -0.3 is 20.1 Å². The Balaban J connectivity index is 2.69. The second kappa shape index (κ2) is 7.47. The highest BCUT2D eigenvalue weighted by Crippen LogP contribution is 1.98. The van der Waals surface area contributed by atoms with E-state index in [-0.39, 0.29) is 30.5 Å². The van der Waals surface area contributed by atoms with Crippen LogP contribution in [0.4, 0.5) is 5.69 Å². The molecule has 21 heavy (non-hydrogen) atoms. The van der Waals surface area contributed by atoms with Crippen LogP contribution >= 0.6 is 0 Å². The molecule has 0 aliphatic rings. The maximum atomic E-state index is 12.1. The van der Waals surface area contributed by atoms with Gasteiger partial charge in [0.2, 0.25) is 11.8 Å². The third-order valence-corrected chi connectivity index (χ3v) is 3.23. The largest absolute Gasteiger partial charge is 0.398 e. The lowest BCUT2D eigenvalue weighted by Crippen LogP contribution is -2.42. The Kier molecular flexibility index (Phi) is 5.95. The van der Waals surface area contributed by atoms with Gasteiger partial charge in [-0.3, -0.25) is 14.4 Å². The summed E-state index contributed by atoms with van der Waals surface area (Å²) in [4.78, 5) is 38.6. The highest BCUT2D eigenvalue weighted by atomic mass is 16.2. The molecule has 0 aromatic carbocycles. The SMILES string of the molecule is CCN(CC)C(=O)CN(C)C(=O)Cn1cc(N)ccc1=O. The first-order valence-corrected chi connectivity index (χ1v) is 6.86. The number of nitrogens with two attached hydrogens (primary N) is 1. The molecule has 7 nitrogen and oxygen atoms in total. The van der Waals surface area contributed by atoms with E-state index in [1.807, 2.05) is 13.8 Å². The molecule has 0 atom stereocenters. The van der Waals surface area contributed by atoms with Gasteiger partial charge in [0.1, 0.15) is 6.54 Å². The van der Waals surface area contributed by atoms with Gasteiger partial charge in [-0.05, 0) is 19.9 Å². The van der Waals surface area contributed by atoms with Crippen molar-refractivity contribution < 1.29 is 9.59 Å². The summed E-state index contributed by atoms with van der Waals surface area (Å²) in [5, 5.41) is 0. The van der Waals surface area contributed by atoms with Gasteiger partial charge in [-0.25, -0.2) is 0 Å². The van der Waals surface area contributed by atoms with Gasteiger partial charge in [0.05, 0.1) is 6.54 Å². The number of aromatic nitrogens is 1. The van der Waals surface area contributed by atoms with Crippen molar-refractivity contribution in [3.8, 4) is 0 Å². The van der Waals surface area contributed by atoms with E-state index in [2.05, 4.69) is 0 Å². The molecule has 0 saturated carbocycles. The van der Waals surface area contributed by atoms with Gasteiger partial charge in [0.25, 0.3) is 5.56 Å². The Morgan fingerprint density at radius 2 is 1.81 bits per heavy atom. The van der Waals surface area contributed by atoms with Crippen molar-refractivity contribution in [2.24, 2.45) is 0 Å². The van der Waals surface area contributed by atoms with Crippen LogP contribution in [0.2, 0.25) is 0 Å². The summed E-state index contributed by atoms with van der Waals surface area (Å²) in [5.41, 5.74) is 5.69. The Bertz CT molecular complexity index is 564. The van der Waals surface area contributed by atoms with Crippen molar-refractivity contribution in [3.63, 3.8) is 0 Å². The van der Waals surface area contributed by atoms with Crippen molar-refractivity contribution in [2.75, 3.05) is 32.4 Å². The molecule has 1 aromatic rings. The van der Waals surface area contributed by atoms with Crippen LogP contribution in [0.1, 0.15) is 13.8 Å². The first kappa shape index (κ1) is 16.7. The standard InChI is InChI=1S/C14H22N4O3/c1-4-17(5-2)14(21)9-16(3)13(20)10-18-8-11(15)6-7-12(18)19/h6-8H,4-5,9-10,15H2,1-3H3. The third-order valence-electron chi connectivity index (χ3n) is 3.23. The number of carbonyl (C=O) groups excluding carboxylic acids is 2. The molecule has 2 N–H and O–H groups in total. The number of carbonyl (C=O) groups is 2. The maximum Gasteiger partial charge on any atom is 0.251 e. The Hall–Kier alpha value is -2.31.